The van der Waals surface area contributed by atoms with Crippen molar-refractivity contribution in [1.82, 2.24) is 4.98 Å². The highest BCUT2D eigenvalue weighted by Gasteiger charge is 2.31. The van der Waals surface area contributed by atoms with E-state index in [9.17, 15) is 4.79 Å². The molecule has 0 aliphatic carbocycles. The molecule has 0 radical (unpaired) electrons. The van der Waals surface area contributed by atoms with Gasteiger partial charge in [0.05, 0.1) is 9.88 Å². The number of aromatic nitrogens is 1. The number of halogens is 1. The molecule has 1 aliphatic rings. The number of aliphatic imine (C=N–C) groups is 1. The highest BCUT2D eigenvalue weighted by molar-refractivity contribution is 7.13. The zero-order chi connectivity index (χ0) is 18.3. The molecule has 0 fully saturated rings. The van der Waals surface area contributed by atoms with Crippen molar-refractivity contribution in [3.63, 3.8) is 0 Å². The predicted molar refractivity (Wildman–Crippen MR) is 107 cm³/mol. The Hall–Kier alpha value is -2.30. The molecule has 2 heterocycles. The van der Waals surface area contributed by atoms with E-state index >= 15 is 0 Å². The van der Waals surface area contributed by atoms with Gasteiger partial charge in [0, 0.05) is 23.2 Å². The van der Waals surface area contributed by atoms with Gasteiger partial charge < -0.3 is 0 Å². The summed E-state index contributed by atoms with van der Waals surface area (Å²) < 4.78 is 0. The number of nitrogens with zero attached hydrogens (tertiary/aromatic N) is 2. The van der Waals surface area contributed by atoms with Crippen molar-refractivity contribution in [1.29, 1.82) is 0 Å². The first-order valence-corrected chi connectivity index (χ1v) is 9.60. The second kappa shape index (κ2) is 6.78. The molecule has 130 valence electrons. The largest absolute Gasteiger partial charge is 0.290 e. The lowest BCUT2D eigenvalue weighted by Crippen LogP contribution is -2.18. The van der Waals surface area contributed by atoms with E-state index in [0.29, 0.717) is 10.7 Å². The van der Waals surface area contributed by atoms with Gasteiger partial charge in [-0.3, -0.25) is 9.79 Å². The molecule has 1 aliphatic heterocycles. The minimum Gasteiger partial charge on any atom is -0.290 e. The molecule has 1 unspecified atom stereocenters. The third-order valence-electron chi connectivity index (χ3n) is 4.50. The molecule has 0 spiro atoms. The number of fused-ring (bicyclic) bond motifs is 1. The van der Waals surface area contributed by atoms with Crippen LogP contribution >= 0.6 is 22.9 Å². The molecule has 0 saturated carbocycles. The van der Waals surface area contributed by atoms with E-state index in [4.69, 9.17) is 11.6 Å². The Kier molecular flexibility index (Phi) is 4.47. The monoisotopic (exact) mass is 380 g/mol. The van der Waals surface area contributed by atoms with Crippen LogP contribution in [0.3, 0.4) is 0 Å². The van der Waals surface area contributed by atoms with Gasteiger partial charge in [-0.1, -0.05) is 53.6 Å². The fraction of sp³-hybridized carbons (Fsp3) is 0.190. The Morgan fingerprint density at radius 3 is 2.73 bits per heavy atom. The SMILES string of the molecule is Cc1cccc(Cc2nc3c(s2)C=NC(c2c(C)cccc2Cl)C3=O)c1. The van der Waals surface area contributed by atoms with Gasteiger partial charge in [-0.15, -0.1) is 11.3 Å². The summed E-state index contributed by atoms with van der Waals surface area (Å²) in [5.41, 5.74) is 4.66. The van der Waals surface area contributed by atoms with Crippen LogP contribution < -0.4 is 0 Å². The Morgan fingerprint density at radius 1 is 1.15 bits per heavy atom. The zero-order valence-corrected chi connectivity index (χ0v) is 16.1. The molecule has 0 bridgehead atoms. The van der Waals surface area contributed by atoms with E-state index in [2.05, 4.69) is 35.1 Å². The summed E-state index contributed by atoms with van der Waals surface area (Å²) in [6.07, 6.45) is 2.48. The van der Waals surface area contributed by atoms with Gasteiger partial charge >= 0.3 is 0 Å². The Balaban J connectivity index is 1.66. The summed E-state index contributed by atoms with van der Waals surface area (Å²) in [5.74, 6) is -0.0783. The van der Waals surface area contributed by atoms with Crippen LogP contribution in [0.15, 0.2) is 47.5 Å². The molecule has 4 rings (SSSR count). The van der Waals surface area contributed by atoms with Crippen LogP contribution in [0.2, 0.25) is 5.02 Å². The van der Waals surface area contributed by atoms with E-state index in [-0.39, 0.29) is 5.78 Å². The van der Waals surface area contributed by atoms with Crippen molar-refractivity contribution >= 4 is 34.9 Å². The Bertz CT molecular complexity index is 1020. The van der Waals surface area contributed by atoms with Crippen LogP contribution in [0.4, 0.5) is 0 Å². The number of carbonyl (C=O) groups is 1. The number of Topliss-reactive ketones (excluding diaryl/α,β-unsaturated/α-hetero) is 1. The van der Waals surface area contributed by atoms with Crippen LogP contribution in [0.5, 0.6) is 0 Å². The number of thiazole rings is 1. The average molecular weight is 381 g/mol. The van der Waals surface area contributed by atoms with Crippen molar-refractivity contribution in [2.24, 2.45) is 4.99 Å². The number of rotatable bonds is 3. The molecular weight excluding hydrogens is 364 g/mol. The van der Waals surface area contributed by atoms with Crippen LogP contribution in [0.1, 0.15) is 48.7 Å². The van der Waals surface area contributed by atoms with Crippen molar-refractivity contribution in [2.75, 3.05) is 0 Å². The fourth-order valence-corrected chi connectivity index (χ4v) is 4.56. The van der Waals surface area contributed by atoms with Gasteiger partial charge in [-0.2, -0.15) is 0 Å². The van der Waals surface area contributed by atoms with E-state index in [1.54, 1.807) is 12.3 Å². The van der Waals surface area contributed by atoms with Gasteiger partial charge in [0.15, 0.2) is 0 Å². The van der Waals surface area contributed by atoms with Crippen molar-refractivity contribution in [2.45, 2.75) is 26.3 Å². The molecule has 26 heavy (non-hydrogen) atoms. The molecule has 5 heteroatoms. The second-order valence-electron chi connectivity index (χ2n) is 6.50. The number of hydrogen-bond donors (Lipinski definition) is 0. The maximum atomic E-state index is 13.0. The highest BCUT2D eigenvalue weighted by Crippen LogP contribution is 2.35. The topological polar surface area (TPSA) is 42.3 Å². The first-order chi connectivity index (χ1) is 12.5. The highest BCUT2D eigenvalue weighted by atomic mass is 35.5. The third kappa shape index (κ3) is 3.11. The number of ketones is 1. The van der Waals surface area contributed by atoms with Gasteiger partial charge in [-0.05, 0) is 31.0 Å². The zero-order valence-electron chi connectivity index (χ0n) is 14.5. The molecule has 0 amide bonds. The van der Waals surface area contributed by atoms with Crippen molar-refractivity contribution in [3.8, 4) is 0 Å². The maximum Gasteiger partial charge on any atom is 0.211 e. The molecule has 1 atom stereocenters. The number of aryl methyl sites for hydroxylation is 2. The first-order valence-electron chi connectivity index (χ1n) is 8.40. The summed E-state index contributed by atoms with van der Waals surface area (Å²) >= 11 is 7.87. The molecule has 0 saturated heterocycles. The van der Waals surface area contributed by atoms with Crippen LogP contribution in [0, 0.1) is 13.8 Å². The summed E-state index contributed by atoms with van der Waals surface area (Å²) in [6.45, 7) is 4.02. The molecule has 2 aromatic carbocycles. The summed E-state index contributed by atoms with van der Waals surface area (Å²) in [6, 6.07) is 13.4. The normalized spacial score (nSPS) is 16.0. The maximum absolute atomic E-state index is 13.0. The van der Waals surface area contributed by atoms with Gasteiger partial charge in [0.1, 0.15) is 11.7 Å². The van der Waals surface area contributed by atoms with Gasteiger partial charge in [-0.25, -0.2) is 4.98 Å². The third-order valence-corrected chi connectivity index (χ3v) is 5.82. The molecule has 0 N–H and O–H groups in total. The fourth-order valence-electron chi connectivity index (χ4n) is 3.25. The van der Waals surface area contributed by atoms with Crippen molar-refractivity contribution < 1.29 is 4.79 Å². The average Bonchev–Trinajstić information content (AvgIpc) is 3.00. The summed E-state index contributed by atoms with van der Waals surface area (Å²) in [4.78, 5) is 23.0. The van der Waals surface area contributed by atoms with Gasteiger partial charge in [0.2, 0.25) is 5.78 Å². The number of benzene rings is 2. The quantitative estimate of drug-likeness (QED) is 0.613. The van der Waals surface area contributed by atoms with Crippen LogP contribution in [-0.2, 0) is 6.42 Å². The Morgan fingerprint density at radius 2 is 1.96 bits per heavy atom. The second-order valence-corrected chi connectivity index (χ2v) is 8.02. The predicted octanol–water partition coefficient (Wildman–Crippen LogP) is 5.36. The standard InChI is InChI=1S/C21H17ClN2OS/c1-12-5-3-7-14(9-12)10-17-24-19-16(26-17)11-23-20(21(19)25)18-13(2)6-4-8-15(18)22/h3-9,11,20H,10H2,1-2H3. The van der Waals surface area contributed by atoms with Crippen molar-refractivity contribution in [3.05, 3.63) is 85.3 Å². The van der Waals surface area contributed by atoms with Gasteiger partial charge in [0.25, 0.3) is 0 Å². The van der Waals surface area contributed by atoms with E-state index < -0.39 is 6.04 Å². The Labute approximate surface area is 161 Å². The molecule has 3 nitrogen and oxygen atoms in total. The summed E-state index contributed by atoms with van der Waals surface area (Å²) in [7, 11) is 0. The first kappa shape index (κ1) is 17.1. The van der Waals surface area contributed by atoms with E-state index in [0.717, 1.165) is 27.4 Å². The van der Waals surface area contributed by atoms with Crippen LogP contribution in [-0.4, -0.2) is 17.0 Å². The van der Waals surface area contributed by atoms with E-state index in [1.165, 1.54) is 22.5 Å². The molecule has 1 aromatic heterocycles. The number of carbonyl (C=O) groups excluding carboxylic acids is 1. The lowest BCUT2D eigenvalue weighted by atomic mass is 9.95. The lowest BCUT2D eigenvalue weighted by molar-refractivity contribution is 0.0956. The van der Waals surface area contributed by atoms with E-state index in [1.807, 2.05) is 25.1 Å². The molecular formula is C21H17ClN2OS. The minimum atomic E-state index is -0.606. The smallest absolute Gasteiger partial charge is 0.211 e. The minimum absolute atomic E-state index is 0.0783. The molecule has 3 aromatic rings. The summed E-state index contributed by atoms with van der Waals surface area (Å²) in [5, 5.41) is 1.50. The van der Waals surface area contributed by atoms with Crippen LogP contribution in [0.25, 0.3) is 0 Å². The number of hydrogen-bond acceptors (Lipinski definition) is 4. The lowest BCUT2D eigenvalue weighted by Gasteiger charge is -2.17.